The Balaban J connectivity index is 2.07. The molecule has 1 atom stereocenters. The minimum absolute atomic E-state index is 0.00694. The van der Waals surface area contributed by atoms with Crippen molar-refractivity contribution in [2.75, 3.05) is 34.4 Å². The number of hydrogen-bond donors (Lipinski definition) is 0. The summed E-state index contributed by atoms with van der Waals surface area (Å²) in [6.07, 6.45) is 0.167. The molecule has 1 heterocycles. The lowest BCUT2D eigenvalue weighted by Crippen LogP contribution is -2.36. The van der Waals surface area contributed by atoms with Crippen LogP contribution in [0.2, 0.25) is 0 Å². The summed E-state index contributed by atoms with van der Waals surface area (Å²) < 4.78 is 16.5. The fourth-order valence-electron chi connectivity index (χ4n) is 4.10. The zero-order valence-corrected chi connectivity index (χ0v) is 18.8. The van der Waals surface area contributed by atoms with Gasteiger partial charge in [0, 0.05) is 25.2 Å². The number of nitrogens with zero attached hydrogens (tertiary/aromatic N) is 2. The molecule has 0 fully saturated rings. The fraction of sp³-hybridized carbons (Fsp3) is 0.417. The molecular weight excluding hydrogens is 396 g/mol. The maximum absolute atomic E-state index is 13.2. The van der Waals surface area contributed by atoms with Gasteiger partial charge in [0.25, 0.3) is 5.91 Å². The number of fused-ring (bicyclic) bond motifs is 1. The average molecular weight is 427 g/mol. The van der Waals surface area contributed by atoms with Gasteiger partial charge in [0.05, 0.1) is 33.8 Å². The van der Waals surface area contributed by atoms with Gasteiger partial charge in [-0.25, -0.2) is 0 Å². The summed E-state index contributed by atoms with van der Waals surface area (Å²) in [5.74, 6) is 1.36. The van der Waals surface area contributed by atoms with Crippen LogP contribution >= 0.6 is 0 Å². The highest BCUT2D eigenvalue weighted by Crippen LogP contribution is 2.43. The topological polar surface area (TPSA) is 68.3 Å². The van der Waals surface area contributed by atoms with Crippen molar-refractivity contribution in [2.24, 2.45) is 0 Å². The molecule has 0 aromatic heterocycles. The Labute approximate surface area is 183 Å². The lowest BCUT2D eigenvalue weighted by Gasteiger charge is -2.31. The SMILES string of the molecule is CCN(CC)C(=O)CC(c1cc(OC)c(OC)c(OC)c1)N1Cc2ccccc2C1=O. The number of amides is 2. The van der Waals surface area contributed by atoms with E-state index in [0.29, 0.717) is 42.4 Å². The van der Waals surface area contributed by atoms with E-state index in [1.54, 1.807) is 31.1 Å². The van der Waals surface area contributed by atoms with Crippen molar-refractivity contribution in [1.29, 1.82) is 0 Å². The van der Waals surface area contributed by atoms with E-state index >= 15 is 0 Å². The number of carbonyl (C=O) groups is 2. The van der Waals surface area contributed by atoms with Crippen LogP contribution in [-0.4, -0.2) is 56.0 Å². The van der Waals surface area contributed by atoms with Crippen LogP contribution in [0.4, 0.5) is 0 Å². The number of methoxy groups -OCH3 is 3. The minimum Gasteiger partial charge on any atom is -0.493 e. The fourth-order valence-corrected chi connectivity index (χ4v) is 4.10. The summed E-state index contributed by atoms with van der Waals surface area (Å²) in [6.45, 7) is 5.58. The Bertz CT molecular complexity index is 930. The normalized spacial score (nSPS) is 13.6. The second kappa shape index (κ2) is 9.73. The van der Waals surface area contributed by atoms with Gasteiger partial charge in [-0.3, -0.25) is 9.59 Å². The maximum Gasteiger partial charge on any atom is 0.255 e. The predicted octanol–water partition coefficient (Wildman–Crippen LogP) is 3.67. The van der Waals surface area contributed by atoms with Crippen molar-refractivity contribution in [3.8, 4) is 17.2 Å². The Hall–Kier alpha value is -3.22. The Kier molecular flexibility index (Phi) is 7.05. The Morgan fingerprint density at radius 2 is 1.65 bits per heavy atom. The Morgan fingerprint density at radius 1 is 1.03 bits per heavy atom. The van der Waals surface area contributed by atoms with Crippen LogP contribution in [-0.2, 0) is 11.3 Å². The molecule has 166 valence electrons. The summed E-state index contributed by atoms with van der Waals surface area (Å²) in [4.78, 5) is 29.8. The monoisotopic (exact) mass is 426 g/mol. The average Bonchev–Trinajstić information content (AvgIpc) is 3.13. The van der Waals surface area contributed by atoms with E-state index in [1.165, 1.54) is 0 Å². The molecule has 7 nitrogen and oxygen atoms in total. The molecule has 0 aliphatic carbocycles. The molecule has 2 amide bonds. The van der Waals surface area contributed by atoms with Gasteiger partial charge in [0.15, 0.2) is 11.5 Å². The third-order valence-corrected chi connectivity index (χ3v) is 5.78. The van der Waals surface area contributed by atoms with Gasteiger partial charge in [-0.2, -0.15) is 0 Å². The van der Waals surface area contributed by atoms with E-state index in [1.807, 2.05) is 50.2 Å². The van der Waals surface area contributed by atoms with Crippen LogP contribution in [0.25, 0.3) is 0 Å². The van der Waals surface area contributed by atoms with Gasteiger partial charge in [-0.15, -0.1) is 0 Å². The number of benzene rings is 2. The largest absolute Gasteiger partial charge is 0.493 e. The first kappa shape index (κ1) is 22.5. The number of carbonyl (C=O) groups excluding carboxylic acids is 2. The van der Waals surface area contributed by atoms with Gasteiger partial charge in [0.1, 0.15) is 0 Å². The van der Waals surface area contributed by atoms with Crippen molar-refractivity contribution in [3.63, 3.8) is 0 Å². The molecule has 2 aromatic carbocycles. The summed E-state index contributed by atoms with van der Waals surface area (Å²) >= 11 is 0. The van der Waals surface area contributed by atoms with E-state index in [4.69, 9.17) is 14.2 Å². The van der Waals surface area contributed by atoms with Crippen LogP contribution < -0.4 is 14.2 Å². The highest BCUT2D eigenvalue weighted by atomic mass is 16.5. The molecule has 0 saturated carbocycles. The Morgan fingerprint density at radius 3 is 2.16 bits per heavy atom. The van der Waals surface area contributed by atoms with Crippen LogP contribution in [0, 0.1) is 0 Å². The molecule has 2 aromatic rings. The summed E-state index contributed by atoms with van der Waals surface area (Å²) in [6, 6.07) is 10.7. The van der Waals surface area contributed by atoms with Crippen LogP contribution in [0.15, 0.2) is 36.4 Å². The van der Waals surface area contributed by atoms with Crippen LogP contribution in [0.5, 0.6) is 17.2 Å². The zero-order valence-electron chi connectivity index (χ0n) is 18.8. The van der Waals surface area contributed by atoms with E-state index in [-0.39, 0.29) is 18.2 Å². The number of hydrogen-bond acceptors (Lipinski definition) is 5. The molecule has 3 rings (SSSR count). The second-order valence-electron chi connectivity index (χ2n) is 7.33. The smallest absolute Gasteiger partial charge is 0.255 e. The summed E-state index contributed by atoms with van der Waals surface area (Å²) in [5, 5.41) is 0. The van der Waals surface area contributed by atoms with E-state index in [0.717, 1.165) is 11.1 Å². The molecule has 0 radical (unpaired) electrons. The first-order valence-electron chi connectivity index (χ1n) is 10.4. The molecule has 1 aliphatic rings. The second-order valence-corrected chi connectivity index (χ2v) is 7.33. The van der Waals surface area contributed by atoms with Gasteiger partial charge in [0.2, 0.25) is 11.7 Å². The van der Waals surface area contributed by atoms with Crippen LogP contribution in [0.3, 0.4) is 0 Å². The zero-order chi connectivity index (χ0) is 22.5. The van der Waals surface area contributed by atoms with Crippen molar-refractivity contribution in [1.82, 2.24) is 9.80 Å². The molecule has 0 N–H and O–H groups in total. The summed E-state index contributed by atoms with van der Waals surface area (Å²) in [5.41, 5.74) is 2.40. The molecule has 0 bridgehead atoms. The van der Waals surface area contributed by atoms with E-state index < -0.39 is 6.04 Å². The van der Waals surface area contributed by atoms with Gasteiger partial charge in [-0.05, 0) is 43.2 Å². The van der Waals surface area contributed by atoms with Crippen molar-refractivity contribution in [2.45, 2.75) is 32.9 Å². The first-order chi connectivity index (χ1) is 15.0. The third kappa shape index (κ3) is 4.31. The van der Waals surface area contributed by atoms with Gasteiger partial charge in [-0.1, -0.05) is 18.2 Å². The van der Waals surface area contributed by atoms with Crippen molar-refractivity contribution < 1.29 is 23.8 Å². The van der Waals surface area contributed by atoms with Crippen LogP contribution in [0.1, 0.15) is 47.8 Å². The molecule has 0 saturated heterocycles. The lowest BCUT2D eigenvalue weighted by atomic mass is 9.99. The van der Waals surface area contributed by atoms with Crippen molar-refractivity contribution in [3.05, 3.63) is 53.1 Å². The van der Waals surface area contributed by atoms with E-state index in [9.17, 15) is 9.59 Å². The standard InChI is InChI=1S/C24H30N2O5/c1-6-25(7-2)22(27)14-19(26-15-16-10-8-9-11-18(16)24(26)28)17-12-20(29-3)23(31-5)21(13-17)30-4/h8-13,19H,6-7,14-15H2,1-5H3. The van der Waals surface area contributed by atoms with Gasteiger partial charge >= 0.3 is 0 Å². The summed E-state index contributed by atoms with van der Waals surface area (Å²) in [7, 11) is 4.64. The lowest BCUT2D eigenvalue weighted by molar-refractivity contribution is -0.132. The predicted molar refractivity (Wildman–Crippen MR) is 118 cm³/mol. The highest BCUT2D eigenvalue weighted by molar-refractivity contribution is 5.99. The molecule has 1 unspecified atom stereocenters. The molecule has 7 heteroatoms. The first-order valence-corrected chi connectivity index (χ1v) is 10.4. The maximum atomic E-state index is 13.2. The highest BCUT2D eigenvalue weighted by Gasteiger charge is 2.36. The number of ether oxygens (including phenoxy) is 3. The number of rotatable bonds is 9. The molecule has 0 spiro atoms. The quantitative estimate of drug-likeness (QED) is 0.612. The molecule has 31 heavy (non-hydrogen) atoms. The molecule has 1 aliphatic heterocycles. The van der Waals surface area contributed by atoms with Gasteiger partial charge < -0.3 is 24.0 Å². The van der Waals surface area contributed by atoms with Crippen molar-refractivity contribution >= 4 is 11.8 Å². The van der Waals surface area contributed by atoms with E-state index in [2.05, 4.69) is 0 Å². The molecular formula is C24H30N2O5. The third-order valence-electron chi connectivity index (χ3n) is 5.78. The minimum atomic E-state index is -0.471.